The lowest BCUT2D eigenvalue weighted by Crippen LogP contribution is -2.50. The van der Waals surface area contributed by atoms with Crippen molar-refractivity contribution in [3.63, 3.8) is 0 Å². The predicted molar refractivity (Wildman–Crippen MR) is 74.5 cm³/mol. The van der Waals surface area contributed by atoms with Crippen molar-refractivity contribution in [1.29, 1.82) is 5.26 Å². The molecule has 1 saturated heterocycles. The molecule has 0 aromatic carbocycles. The molecule has 0 spiro atoms. The lowest BCUT2D eigenvalue weighted by molar-refractivity contribution is -0.391. The van der Waals surface area contributed by atoms with Gasteiger partial charge in [-0.1, -0.05) is 6.07 Å². The van der Waals surface area contributed by atoms with E-state index in [2.05, 4.69) is 16.4 Å². The van der Waals surface area contributed by atoms with Gasteiger partial charge in [-0.05, 0) is 11.0 Å². The zero-order valence-electron chi connectivity index (χ0n) is 11.3. The first-order valence-corrected chi connectivity index (χ1v) is 6.65. The Morgan fingerprint density at radius 1 is 1.57 bits per heavy atom. The summed E-state index contributed by atoms with van der Waals surface area (Å²) in [6, 6.07) is 7.18. The molecule has 0 radical (unpaired) electrons. The summed E-state index contributed by atoms with van der Waals surface area (Å²) in [6.07, 6.45) is 1.63. The van der Waals surface area contributed by atoms with Crippen LogP contribution in [0, 0.1) is 21.4 Å². The van der Waals surface area contributed by atoms with Crippen molar-refractivity contribution in [2.24, 2.45) is 0 Å². The van der Waals surface area contributed by atoms with Crippen LogP contribution in [-0.2, 0) is 6.54 Å². The Morgan fingerprint density at radius 2 is 2.43 bits per heavy atom. The Morgan fingerprint density at radius 3 is 3.19 bits per heavy atom. The maximum atomic E-state index is 11.3. The van der Waals surface area contributed by atoms with Gasteiger partial charge in [0, 0.05) is 25.7 Å². The van der Waals surface area contributed by atoms with E-state index in [1.165, 1.54) is 4.40 Å². The summed E-state index contributed by atoms with van der Waals surface area (Å²) in [7, 11) is 0. The van der Waals surface area contributed by atoms with Crippen molar-refractivity contribution >= 4 is 11.5 Å². The molecule has 8 nitrogen and oxygen atoms in total. The summed E-state index contributed by atoms with van der Waals surface area (Å²) in [5, 5.41) is 23.6. The van der Waals surface area contributed by atoms with Gasteiger partial charge in [0.2, 0.25) is 5.65 Å². The smallest absolute Gasteiger partial charge is 0.352 e. The molecule has 0 saturated carbocycles. The molecule has 2 aromatic rings. The molecule has 1 aliphatic rings. The molecule has 0 aliphatic carbocycles. The highest BCUT2D eigenvalue weighted by Crippen LogP contribution is 2.22. The van der Waals surface area contributed by atoms with Crippen LogP contribution < -0.4 is 5.32 Å². The minimum Gasteiger partial charge on any atom is -0.358 e. The Bertz CT molecular complexity index is 719. The zero-order valence-corrected chi connectivity index (χ0v) is 11.3. The Labute approximate surface area is 120 Å². The van der Waals surface area contributed by atoms with Gasteiger partial charge < -0.3 is 15.4 Å². The largest absolute Gasteiger partial charge is 0.358 e. The van der Waals surface area contributed by atoms with Crippen molar-refractivity contribution in [2.75, 3.05) is 19.6 Å². The summed E-state index contributed by atoms with van der Waals surface area (Å²) in [6.45, 7) is 2.30. The third-order valence-electron chi connectivity index (χ3n) is 3.60. The molecule has 21 heavy (non-hydrogen) atoms. The van der Waals surface area contributed by atoms with Crippen LogP contribution in [0.4, 0.5) is 5.82 Å². The van der Waals surface area contributed by atoms with E-state index in [0.717, 1.165) is 6.54 Å². The molecule has 3 heterocycles. The number of imidazole rings is 1. The van der Waals surface area contributed by atoms with Gasteiger partial charge in [-0.15, -0.1) is 0 Å². The molecule has 2 aromatic heterocycles. The van der Waals surface area contributed by atoms with Crippen LogP contribution in [0.25, 0.3) is 5.65 Å². The highest BCUT2D eigenvalue weighted by molar-refractivity contribution is 5.49. The summed E-state index contributed by atoms with van der Waals surface area (Å²) >= 11 is 0. The number of rotatable bonds is 3. The van der Waals surface area contributed by atoms with Crippen molar-refractivity contribution < 1.29 is 4.92 Å². The average Bonchev–Trinajstić information content (AvgIpc) is 2.85. The predicted octanol–water partition coefficient (Wildman–Crippen LogP) is 0.540. The van der Waals surface area contributed by atoms with E-state index in [-0.39, 0.29) is 11.9 Å². The first-order valence-electron chi connectivity index (χ1n) is 6.65. The molecule has 1 unspecified atom stereocenters. The minimum absolute atomic E-state index is 0.0270. The quantitative estimate of drug-likeness (QED) is 0.653. The first-order chi connectivity index (χ1) is 10.2. The zero-order chi connectivity index (χ0) is 14.8. The SMILES string of the molecule is N#CC1CNCCN1Cc1nc2ccccn2c1[N+](=O)[O-]. The summed E-state index contributed by atoms with van der Waals surface area (Å²) < 4.78 is 1.47. The number of nitriles is 1. The van der Waals surface area contributed by atoms with Gasteiger partial charge >= 0.3 is 5.82 Å². The van der Waals surface area contributed by atoms with Crippen molar-refractivity contribution in [3.05, 3.63) is 40.2 Å². The Balaban J connectivity index is 1.98. The maximum absolute atomic E-state index is 11.3. The number of hydrogen-bond acceptors (Lipinski definition) is 6. The molecule has 1 N–H and O–H groups in total. The fourth-order valence-electron chi connectivity index (χ4n) is 2.59. The molecule has 1 fully saturated rings. The fourth-order valence-corrected chi connectivity index (χ4v) is 2.59. The lowest BCUT2D eigenvalue weighted by Gasteiger charge is -2.30. The molecule has 8 heteroatoms. The molecule has 1 atom stereocenters. The monoisotopic (exact) mass is 286 g/mol. The summed E-state index contributed by atoms with van der Waals surface area (Å²) in [4.78, 5) is 17.2. The third-order valence-corrected chi connectivity index (χ3v) is 3.60. The molecule has 1 aliphatic heterocycles. The van der Waals surface area contributed by atoms with Crippen LogP contribution in [-0.4, -0.2) is 44.9 Å². The normalized spacial score (nSPS) is 19.5. The van der Waals surface area contributed by atoms with Gasteiger partial charge in [0.25, 0.3) is 0 Å². The molecule has 0 bridgehead atoms. The summed E-state index contributed by atoms with van der Waals surface area (Å²) in [5.74, 6) is -0.0270. The molecular formula is C13H14N6O2. The number of pyridine rings is 1. The standard InChI is InChI=1S/C13H14N6O2/c14-7-10-8-15-4-6-17(10)9-11-13(19(20)21)18-5-2-1-3-12(18)16-11/h1-3,5,10,15H,4,6,8-9H2. The van der Waals surface area contributed by atoms with E-state index in [0.29, 0.717) is 31.0 Å². The van der Waals surface area contributed by atoms with Gasteiger partial charge in [0.1, 0.15) is 6.04 Å². The second-order valence-corrected chi connectivity index (χ2v) is 4.89. The van der Waals surface area contributed by atoms with Gasteiger partial charge in [-0.25, -0.2) is 4.98 Å². The number of nitrogens with one attached hydrogen (secondary N) is 1. The fraction of sp³-hybridized carbons (Fsp3) is 0.385. The maximum Gasteiger partial charge on any atom is 0.352 e. The van der Waals surface area contributed by atoms with Crippen molar-refractivity contribution in [3.8, 4) is 6.07 Å². The van der Waals surface area contributed by atoms with Crippen LogP contribution >= 0.6 is 0 Å². The highest BCUT2D eigenvalue weighted by Gasteiger charge is 2.28. The van der Waals surface area contributed by atoms with Crippen LogP contribution in [0.2, 0.25) is 0 Å². The van der Waals surface area contributed by atoms with Gasteiger partial charge in [0.15, 0.2) is 5.69 Å². The van der Waals surface area contributed by atoms with E-state index in [9.17, 15) is 10.1 Å². The van der Waals surface area contributed by atoms with Crippen LogP contribution in [0.1, 0.15) is 5.69 Å². The number of hydrogen-bond donors (Lipinski definition) is 1. The summed E-state index contributed by atoms with van der Waals surface area (Å²) in [5.41, 5.74) is 0.941. The average molecular weight is 286 g/mol. The molecule has 3 rings (SSSR count). The van der Waals surface area contributed by atoms with Crippen LogP contribution in [0.5, 0.6) is 0 Å². The highest BCUT2D eigenvalue weighted by atomic mass is 16.6. The van der Waals surface area contributed by atoms with Gasteiger partial charge in [-0.2, -0.15) is 9.66 Å². The van der Waals surface area contributed by atoms with Gasteiger partial charge in [-0.3, -0.25) is 4.90 Å². The van der Waals surface area contributed by atoms with Crippen LogP contribution in [0.15, 0.2) is 24.4 Å². The Hall–Kier alpha value is -2.50. The number of aromatic nitrogens is 2. The van der Waals surface area contributed by atoms with Crippen LogP contribution in [0.3, 0.4) is 0 Å². The second kappa shape index (κ2) is 5.47. The number of fused-ring (bicyclic) bond motifs is 1. The number of nitro groups is 1. The molecular weight excluding hydrogens is 272 g/mol. The van der Waals surface area contributed by atoms with E-state index in [1.807, 2.05) is 4.90 Å². The van der Waals surface area contributed by atoms with Crippen molar-refractivity contribution in [1.82, 2.24) is 19.6 Å². The topological polar surface area (TPSA) is 99.5 Å². The van der Waals surface area contributed by atoms with E-state index in [4.69, 9.17) is 5.26 Å². The lowest BCUT2D eigenvalue weighted by atomic mass is 10.2. The van der Waals surface area contributed by atoms with E-state index >= 15 is 0 Å². The number of nitrogens with zero attached hydrogens (tertiary/aromatic N) is 5. The minimum atomic E-state index is -0.418. The van der Waals surface area contributed by atoms with Crippen molar-refractivity contribution in [2.45, 2.75) is 12.6 Å². The van der Waals surface area contributed by atoms with Gasteiger partial charge in [0.05, 0.1) is 18.8 Å². The van der Waals surface area contributed by atoms with E-state index < -0.39 is 4.92 Å². The molecule has 108 valence electrons. The second-order valence-electron chi connectivity index (χ2n) is 4.89. The Kier molecular flexibility index (Phi) is 3.51. The third kappa shape index (κ3) is 2.44. The van der Waals surface area contributed by atoms with E-state index in [1.54, 1.807) is 24.4 Å². The number of piperazine rings is 1. The first kappa shape index (κ1) is 13.5. The molecule has 0 amide bonds.